The Labute approximate surface area is 189 Å². The van der Waals surface area contributed by atoms with Gasteiger partial charge in [0.05, 0.1) is 6.54 Å². The predicted molar refractivity (Wildman–Crippen MR) is 128 cm³/mol. The lowest BCUT2D eigenvalue weighted by atomic mass is 9.91. The number of nitrogens with two attached hydrogens (primary N) is 1. The summed E-state index contributed by atoms with van der Waals surface area (Å²) in [6, 6.07) is 20.9. The van der Waals surface area contributed by atoms with E-state index < -0.39 is 0 Å². The van der Waals surface area contributed by atoms with Crippen molar-refractivity contribution in [1.82, 2.24) is 14.9 Å². The van der Waals surface area contributed by atoms with E-state index in [1.165, 1.54) is 11.1 Å². The lowest BCUT2D eigenvalue weighted by Crippen LogP contribution is -2.25. The number of amides is 1. The van der Waals surface area contributed by atoms with Crippen molar-refractivity contribution in [2.45, 2.75) is 25.8 Å². The molecule has 0 radical (unpaired) electrons. The predicted octanol–water partition coefficient (Wildman–Crippen LogP) is 3.46. The van der Waals surface area contributed by atoms with Crippen LogP contribution in [0.5, 0.6) is 0 Å². The first-order valence-corrected chi connectivity index (χ1v) is 11.2. The van der Waals surface area contributed by atoms with Gasteiger partial charge in [-0.25, -0.2) is 4.98 Å². The molecule has 2 aromatic carbocycles. The van der Waals surface area contributed by atoms with Gasteiger partial charge < -0.3 is 21.3 Å². The molecule has 0 aliphatic carbocycles. The van der Waals surface area contributed by atoms with Gasteiger partial charge >= 0.3 is 0 Å². The van der Waals surface area contributed by atoms with Crippen LogP contribution in [0.15, 0.2) is 60.7 Å². The Kier molecular flexibility index (Phi) is 6.97. The summed E-state index contributed by atoms with van der Waals surface area (Å²) in [6.45, 7) is 4.96. The fourth-order valence-electron chi connectivity index (χ4n) is 4.08. The zero-order chi connectivity index (χ0) is 22.3. The van der Waals surface area contributed by atoms with Crippen molar-refractivity contribution in [2.75, 3.05) is 36.8 Å². The zero-order valence-corrected chi connectivity index (χ0v) is 18.4. The number of carbonyl (C=O) groups excluding carboxylic acids is 1. The summed E-state index contributed by atoms with van der Waals surface area (Å²) in [6.07, 6.45) is 0.901. The van der Waals surface area contributed by atoms with Crippen LogP contribution in [-0.4, -0.2) is 47.0 Å². The number of nitrogens with one attached hydrogen (secondary N) is 2. The molecule has 0 spiro atoms. The van der Waals surface area contributed by atoms with E-state index >= 15 is 0 Å². The maximum Gasteiger partial charge on any atom is 0.273 e. The third kappa shape index (κ3) is 4.73. The highest BCUT2D eigenvalue weighted by Gasteiger charge is 2.32. The molecule has 7 nitrogen and oxygen atoms in total. The van der Waals surface area contributed by atoms with E-state index in [-0.39, 0.29) is 11.8 Å². The van der Waals surface area contributed by atoms with Crippen molar-refractivity contribution in [3.05, 3.63) is 83.0 Å². The average Bonchev–Trinajstić information content (AvgIpc) is 3.15. The molecule has 0 saturated carbocycles. The van der Waals surface area contributed by atoms with E-state index in [0.29, 0.717) is 50.2 Å². The van der Waals surface area contributed by atoms with Gasteiger partial charge in [-0.1, -0.05) is 67.6 Å². The minimum absolute atomic E-state index is 0.0363. The second-order valence-electron chi connectivity index (χ2n) is 7.92. The number of nitrogens with zero attached hydrogens (tertiary/aromatic N) is 3. The molecule has 166 valence electrons. The molecule has 4 rings (SSSR count). The van der Waals surface area contributed by atoms with E-state index in [9.17, 15) is 4.79 Å². The Morgan fingerprint density at radius 2 is 1.66 bits per heavy atom. The van der Waals surface area contributed by atoms with Gasteiger partial charge in [0.1, 0.15) is 11.5 Å². The Morgan fingerprint density at radius 1 is 1.00 bits per heavy atom. The van der Waals surface area contributed by atoms with Gasteiger partial charge in [0, 0.05) is 37.7 Å². The Hall–Kier alpha value is -3.45. The van der Waals surface area contributed by atoms with Crippen molar-refractivity contribution in [3.63, 3.8) is 0 Å². The molecule has 1 aliphatic rings. The summed E-state index contributed by atoms with van der Waals surface area (Å²) in [5.41, 5.74) is 9.42. The number of hydrogen-bond acceptors (Lipinski definition) is 6. The fraction of sp³-hybridized carbons (Fsp3) is 0.320. The first-order valence-electron chi connectivity index (χ1n) is 11.2. The minimum Gasteiger partial charge on any atom is -0.369 e. The topological polar surface area (TPSA) is 96.2 Å². The van der Waals surface area contributed by atoms with E-state index in [0.717, 1.165) is 12.0 Å². The molecule has 0 unspecified atom stereocenters. The van der Waals surface area contributed by atoms with Gasteiger partial charge in [-0.3, -0.25) is 4.79 Å². The van der Waals surface area contributed by atoms with Gasteiger partial charge in [0.15, 0.2) is 0 Å². The van der Waals surface area contributed by atoms with Crippen LogP contribution < -0.4 is 16.4 Å². The summed E-state index contributed by atoms with van der Waals surface area (Å²) in [7, 11) is 0. The lowest BCUT2D eigenvalue weighted by Gasteiger charge is -2.20. The second-order valence-corrected chi connectivity index (χ2v) is 7.92. The lowest BCUT2D eigenvalue weighted by molar-refractivity contribution is 0.0774. The number of anilines is 2. The molecular weight excluding hydrogens is 400 g/mol. The van der Waals surface area contributed by atoms with Gasteiger partial charge in [-0.2, -0.15) is 4.98 Å². The summed E-state index contributed by atoms with van der Waals surface area (Å²) in [4.78, 5) is 23.9. The highest BCUT2D eigenvalue weighted by molar-refractivity contribution is 5.98. The second kappa shape index (κ2) is 10.2. The van der Waals surface area contributed by atoms with E-state index in [1.807, 2.05) is 17.0 Å². The summed E-state index contributed by atoms with van der Waals surface area (Å²) in [5.74, 6) is 1.25. The van der Waals surface area contributed by atoms with E-state index in [4.69, 9.17) is 10.7 Å². The summed E-state index contributed by atoms with van der Waals surface area (Å²) in [5, 5.41) is 6.67. The number of carbonyl (C=O) groups is 1. The largest absolute Gasteiger partial charge is 0.369 e. The normalized spacial score (nSPS) is 12.8. The minimum atomic E-state index is -0.0363. The highest BCUT2D eigenvalue weighted by atomic mass is 16.2. The van der Waals surface area contributed by atoms with Gasteiger partial charge in [-0.15, -0.1) is 0 Å². The molecule has 32 heavy (non-hydrogen) atoms. The third-order valence-electron chi connectivity index (χ3n) is 5.64. The zero-order valence-electron chi connectivity index (χ0n) is 18.4. The van der Waals surface area contributed by atoms with Crippen molar-refractivity contribution in [1.29, 1.82) is 0 Å². The maximum atomic E-state index is 12.9. The SMILES string of the molecule is CCCN1Cc2c(NCC(c3ccccc3)c3ccccc3)nc(NCCN)nc2C1=O. The smallest absolute Gasteiger partial charge is 0.273 e. The van der Waals surface area contributed by atoms with Crippen molar-refractivity contribution < 1.29 is 4.79 Å². The molecule has 1 aromatic heterocycles. The quantitative estimate of drug-likeness (QED) is 0.456. The third-order valence-corrected chi connectivity index (χ3v) is 5.64. The number of hydrogen-bond donors (Lipinski definition) is 3. The van der Waals surface area contributed by atoms with Crippen molar-refractivity contribution in [2.24, 2.45) is 5.73 Å². The molecule has 0 bridgehead atoms. The highest BCUT2D eigenvalue weighted by Crippen LogP contribution is 2.30. The number of aromatic nitrogens is 2. The summed E-state index contributed by atoms with van der Waals surface area (Å²) < 4.78 is 0. The van der Waals surface area contributed by atoms with Crippen LogP contribution in [0.1, 0.15) is 46.4 Å². The van der Waals surface area contributed by atoms with E-state index in [2.05, 4.69) is 71.1 Å². The van der Waals surface area contributed by atoms with Crippen LogP contribution in [0.2, 0.25) is 0 Å². The van der Waals surface area contributed by atoms with Crippen molar-refractivity contribution in [3.8, 4) is 0 Å². The number of benzene rings is 2. The number of rotatable bonds is 10. The molecule has 7 heteroatoms. The van der Waals surface area contributed by atoms with Crippen LogP contribution >= 0.6 is 0 Å². The molecule has 1 amide bonds. The van der Waals surface area contributed by atoms with E-state index in [1.54, 1.807) is 0 Å². The molecular formula is C25H30N6O. The van der Waals surface area contributed by atoms with Gasteiger partial charge in [0.25, 0.3) is 5.91 Å². The van der Waals surface area contributed by atoms with Crippen LogP contribution in [0.4, 0.5) is 11.8 Å². The Morgan fingerprint density at radius 3 is 2.25 bits per heavy atom. The molecule has 4 N–H and O–H groups in total. The Bertz CT molecular complexity index is 1000. The number of fused-ring (bicyclic) bond motifs is 1. The molecule has 0 fully saturated rings. The average molecular weight is 431 g/mol. The molecule has 3 aromatic rings. The van der Waals surface area contributed by atoms with Gasteiger partial charge in [-0.05, 0) is 17.5 Å². The van der Waals surface area contributed by atoms with Crippen LogP contribution in [0.3, 0.4) is 0 Å². The first-order chi connectivity index (χ1) is 15.7. The fourth-order valence-corrected chi connectivity index (χ4v) is 4.08. The van der Waals surface area contributed by atoms with Crippen LogP contribution in [0, 0.1) is 0 Å². The molecule has 0 atom stereocenters. The standard InChI is InChI=1S/C25H30N6O/c1-2-15-31-17-21-22(24(31)32)29-25(27-14-13-26)30-23(21)28-16-20(18-9-5-3-6-10-18)19-11-7-4-8-12-19/h3-12,20H,2,13-17,26H2,1H3,(H2,27,28,29,30). The molecule has 0 saturated heterocycles. The molecule has 2 heterocycles. The van der Waals surface area contributed by atoms with Crippen LogP contribution in [-0.2, 0) is 6.54 Å². The van der Waals surface area contributed by atoms with Crippen LogP contribution in [0.25, 0.3) is 0 Å². The monoisotopic (exact) mass is 430 g/mol. The molecule has 1 aliphatic heterocycles. The Balaban J connectivity index is 1.64. The van der Waals surface area contributed by atoms with Crippen molar-refractivity contribution >= 4 is 17.7 Å². The maximum absolute atomic E-state index is 12.9. The summed E-state index contributed by atoms with van der Waals surface area (Å²) >= 11 is 0. The first kappa shape index (κ1) is 21.8. The van der Waals surface area contributed by atoms with Gasteiger partial charge in [0.2, 0.25) is 5.95 Å².